The van der Waals surface area contributed by atoms with Crippen molar-refractivity contribution in [1.82, 2.24) is 0 Å². The second kappa shape index (κ2) is 56.4. The number of hydrogen-bond acceptors (Lipinski definition) is 10. The second-order valence-electron chi connectivity index (χ2n) is 20.1. The zero-order chi connectivity index (χ0) is 54.1. The van der Waals surface area contributed by atoms with E-state index in [1.807, 2.05) is 0 Å². The van der Waals surface area contributed by atoms with Gasteiger partial charge in [0, 0.05) is 19.3 Å². The van der Waals surface area contributed by atoms with Gasteiger partial charge in [0.2, 0.25) is 0 Å². The van der Waals surface area contributed by atoms with Crippen LogP contribution >= 0.6 is 7.82 Å². The molecule has 0 fully saturated rings. The number of phosphoric ester groups is 1. The summed E-state index contributed by atoms with van der Waals surface area (Å²) in [4.78, 5) is 48.6. The van der Waals surface area contributed by atoms with E-state index in [4.69, 9.17) is 23.3 Å². The van der Waals surface area contributed by atoms with Crippen LogP contribution in [0.2, 0.25) is 0 Å². The molecule has 3 atom stereocenters. The van der Waals surface area contributed by atoms with E-state index in [9.17, 15) is 28.9 Å². The van der Waals surface area contributed by atoms with E-state index in [0.717, 1.165) is 116 Å². The molecule has 12 heteroatoms. The highest BCUT2D eigenvalue weighted by molar-refractivity contribution is 7.47. The molecule has 0 heterocycles. The van der Waals surface area contributed by atoms with Gasteiger partial charge in [0.25, 0.3) is 0 Å². The highest BCUT2D eigenvalue weighted by Gasteiger charge is 2.28. The van der Waals surface area contributed by atoms with Crippen LogP contribution in [0.3, 0.4) is 0 Å². The Morgan fingerprint density at radius 2 is 0.703 bits per heavy atom. The Balaban J connectivity index is 4.73. The summed E-state index contributed by atoms with van der Waals surface area (Å²) in [5.74, 6) is -1.49. The fraction of sp³-hybridized carbons (Fsp3) is 0.790. The number of unbranched alkanes of at least 4 members (excludes halogenated alkanes) is 29. The van der Waals surface area contributed by atoms with Crippen LogP contribution in [0.1, 0.15) is 278 Å². The SMILES string of the molecule is CC/C=C\C/C=C\C/C=C\CCCCCCCC(=O)OC(COC(=O)CCCCCCCCC/C=C\CCCCCCCC)COP(=O)(O)OCC(CO)OC(=O)CCCCCCC/C=C\CCCCCCCC. The van der Waals surface area contributed by atoms with Gasteiger partial charge in [-0.3, -0.25) is 23.4 Å². The predicted molar refractivity (Wildman–Crippen MR) is 307 cm³/mol. The van der Waals surface area contributed by atoms with E-state index < -0.39 is 57.8 Å². The topological polar surface area (TPSA) is 155 Å². The molecule has 0 aliphatic heterocycles. The maximum atomic E-state index is 12.9. The van der Waals surface area contributed by atoms with Gasteiger partial charge in [-0.05, 0) is 103 Å². The van der Waals surface area contributed by atoms with Gasteiger partial charge < -0.3 is 24.2 Å². The fourth-order valence-electron chi connectivity index (χ4n) is 8.30. The third-order valence-electron chi connectivity index (χ3n) is 12.9. The average molecular weight is 1060 g/mol. The number of phosphoric acid groups is 1. The Kier molecular flexibility index (Phi) is 54.2. The lowest BCUT2D eigenvalue weighted by Crippen LogP contribution is -2.30. The zero-order valence-electron chi connectivity index (χ0n) is 47.6. The van der Waals surface area contributed by atoms with Gasteiger partial charge >= 0.3 is 25.7 Å². The minimum atomic E-state index is -4.76. The first-order valence-corrected chi connectivity index (χ1v) is 31.7. The molecule has 2 N–H and O–H groups in total. The minimum Gasteiger partial charge on any atom is -0.462 e. The van der Waals surface area contributed by atoms with Crippen molar-refractivity contribution in [2.75, 3.05) is 26.4 Å². The van der Waals surface area contributed by atoms with E-state index in [0.29, 0.717) is 19.3 Å². The second-order valence-corrected chi connectivity index (χ2v) is 21.6. The number of carbonyl (C=O) groups is 3. The number of carbonyl (C=O) groups excluding carboxylic acids is 3. The fourth-order valence-corrected chi connectivity index (χ4v) is 9.09. The van der Waals surface area contributed by atoms with Crippen molar-refractivity contribution < 1.29 is 52.2 Å². The standard InChI is InChI=1S/C62H111O11P/c1-4-7-10-13-16-19-22-25-28-29-32-33-36-39-42-45-48-51-60(64)69-55-59(73-62(66)53-50-47-44-41-38-35-31-27-24-21-18-15-12-9-6-3)57-71-74(67,68)70-56-58(54-63)72-61(65)52-49-46-43-40-37-34-30-26-23-20-17-14-11-8-5-2/h9,12,18,21,25-28,30-31,58-59,63H,4-8,10-11,13-17,19-20,22-24,29,32-57H2,1-3H3,(H,67,68)/b12-9-,21-18-,28-25-,30-26-,31-27-. The minimum absolute atomic E-state index is 0.147. The third-order valence-corrected chi connectivity index (χ3v) is 13.8. The Labute approximate surface area is 453 Å². The lowest BCUT2D eigenvalue weighted by molar-refractivity contribution is -0.161. The summed E-state index contributed by atoms with van der Waals surface area (Å²) in [7, 11) is -4.76. The summed E-state index contributed by atoms with van der Waals surface area (Å²) in [6, 6.07) is 0. The van der Waals surface area contributed by atoms with Gasteiger partial charge in [-0.15, -0.1) is 0 Å². The molecule has 3 unspecified atom stereocenters. The molecule has 0 saturated carbocycles. The normalized spacial score (nSPS) is 13.7. The molecule has 0 amide bonds. The van der Waals surface area contributed by atoms with Crippen molar-refractivity contribution in [1.29, 1.82) is 0 Å². The Morgan fingerprint density at radius 1 is 0.392 bits per heavy atom. The molecular formula is C62H111O11P. The van der Waals surface area contributed by atoms with Crippen LogP contribution in [-0.2, 0) is 42.2 Å². The van der Waals surface area contributed by atoms with Crippen LogP contribution in [0.15, 0.2) is 60.8 Å². The molecule has 11 nitrogen and oxygen atoms in total. The molecule has 0 aromatic heterocycles. The number of allylic oxidation sites excluding steroid dienone is 10. The molecule has 430 valence electrons. The van der Waals surface area contributed by atoms with E-state index in [-0.39, 0.29) is 25.9 Å². The van der Waals surface area contributed by atoms with Gasteiger partial charge in [-0.1, -0.05) is 216 Å². The summed E-state index contributed by atoms with van der Waals surface area (Å²) >= 11 is 0. The van der Waals surface area contributed by atoms with Crippen LogP contribution in [-0.4, -0.2) is 66.5 Å². The van der Waals surface area contributed by atoms with Gasteiger partial charge in [-0.2, -0.15) is 0 Å². The van der Waals surface area contributed by atoms with Crippen molar-refractivity contribution in [3.8, 4) is 0 Å². The summed E-state index contributed by atoms with van der Waals surface area (Å²) in [6.45, 7) is 4.52. The van der Waals surface area contributed by atoms with E-state index in [1.165, 1.54) is 103 Å². The molecule has 74 heavy (non-hydrogen) atoms. The maximum Gasteiger partial charge on any atom is 0.472 e. The number of esters is 3. The molecule has 0 bridgehead atoms. The van der Waals surface area contributed by atoms with Gasteiger partial charge in [0.1, 0.15) is 12.7 Å². The number of rotatable bonds is 56. The van der Waals surface area contributed by atoms with Crippen LogP contribution < -0.4 is 0 Å². The Morgan fingerprint density at radius 3 is 1.09 bits per heavy atom. The molecular weight excluding hydrogens is 952 g/mol. The molecule has 0 aromatic rings. The lowest BCUT2D eigenvalue weighted by atomic mass is 10.1. The molecule has 0 spiro atoms. The molecule has 0 aliphatic rings. The Bertz CT molecular complexity index is 1470. The first-order chi connectivity index (χ1) is 36.2. The first-order valence-electron chi connectivity index (χ1n) is 30.2. The summed E-state index contributed by atoms with van der Waals surface area (Å²) in [5, 5.41) is 9.82. The van der Waals surface area contributed by atoms with Gasteiger partial charge in [0.05, 0.1) is 19.8 Å². The molecule has 0 aromatic carbocycles. The smallest absolute Gasteiger partial charge is 0.462 e. The van der Waals surface area contributed by atoms with E-state index in [2.05, 4.69) is 81.5 Å². The van der Waals surface area contributed by atoms with Crippen molar-refractivity contribution in [3.05, 3.63) is 60.8 Å². The molecule has 0 saturated heterocycles. The quantitative estimate of drug-likeness (QED) is 0.0197. The predicted octanol–water partition coefficient (Wildman–Crippen LogP) is 17.9. The lowest BCUT2D eigenvalue weighted by Gasteiger charge is -2.21. The van der Waals surface area contributed by atoms with Crippen LogP contribution in [0, 0.1) is 0 Å². The summed E-state index contributed by atoms with van der Waals surface area (Å²) in [5.41, 5.74) is 0. The summed E-state index contributed by atoms with van der Waals surface area (Å²) < 4.78 is 39.6. The zero-order valence-corrected chi connectivity index (χ0v) is 48.5. The highest BCUT2D eigenvalue weighted by atomic mass is 31.2. The third kappa shape index (κ3) is 54.0. The van der Waals surface area contributed by atoms with E-state index >= 15 is 0 Å². The summed E-state index contributed by atoms with van der Waals surface area (Å²) in [6.07, 6.45) is 61.7. The first kappa shape index (κ1) is 71.2. The van der Waals surface area contributed by atoms with Crippen molar-refractivity contribution in [3.63, 3.8) is 0 Å². The molecule has 0 aliphatic carbocycles. The van der Waals surface area contributed by atoms with Crippen LogP contribution in [0.5, 0.6) is 0 Å². The van der Waals surface area contributed by atoms with E-state index in [1.54, 1.807) is 0 Å². The number of aliphatic hydroxyl groups excluding tert-OH is 1. The highest BCUT2D eigenvalue weighted by Crippen LogP contribution is 2.43. The monoisotopic (exact) mass is 1060 g/mol. The molecule has 0 radical (unpaired) electrons. The Hall–Kier alpha value is -2.82. The van der Waals surface area contributed by atoms with Gasteiger partial charge in [-0.25, -0.2) is 4.57 Å². The van der Waals surface area contributed by atoms with Crippen molar-refractivity contribution in [2.24, 2.45) is 0 Å². The maximum absolute atomic E-state index is 12.9. The van der Waals surface area contributed by atoms with Crippen LogP contribution in [0.4, 0.5) is 0 Å². The average Bonchev–Trinajstić information content (AvgIpc) is 3.39. The molecule has 0 rings (SSSR count). The van der Waals surface area contributed by atoms with Crippen LogP contribution in [0.25, 0.3) is 0 Å². The number of ether oxygens (including phenoxy) is 3. The number of hydrogen-bond donors (Lipinski definition) is 2. The van der Waals surface area contributed by atoms with Gasteiger partial charge in [0.15, 0.2) is 6.10 Å². The van der Waals surface area contributed by atoms with Crippen molar-refractivity contribution in [2.45, 2.75) is 290 Å². The van der Waals surface area contributed by atoms with Crippen molar-refractivity contribution >= 4 is 25.7 Å². The largest absolute Gasteiger partial charge is 0.472 e. The number of aliphatic hydroxyl groups is 1.